The predicted molar refractivity (Wildman–Crippen MR) is 81.9 cm³/mol. The number of carbonyl (C=O) groups is 2. The van der Waals surface area contributed by atoms with E-state index in [1.807, 2.05) is 27.7 Å². The minimum Gasteiger partial charge on any atom is -0.351 e. The fourth-order valence-electron chi connectivity index (χ4n) is 2.83. The minimum atomic E-state index is -0.165. The lowest BCUT2D eigenvalue weighted by Crippen LogP contribution is -2.38. The third kappa shape index (κ3) is 3.84. The summed E-state index contributed by atoms with van der Waals surface area (Å²) in [5.41, 5.74) is 0. The number of nitrogens with zero attached hydrogens (tertiary/aromatic N) is 3. The number of aromatic amines is 1. The molecule has 0 radical (unpaired) electrons. The molecule has 0 spiro atoms. The second kappa shape index (κ2) is 6.89. The molecule has 2 heterocycles. The lowest BCUT2D eigenvalue weighted by molar-refractivity contribution is -0.132. The number of rotatable bonds is 5. The van der Waals surface area contributed by atoms with Crippen molar-refractivity contribution in [3.05, 3.63) is 11.6 Å². The molecule has 7 nitrogen and oxygen atoms in total. The second-order valence-corrected chi connectivity index (χ2v) is 6.29. The van der Waals surface area contributed by atoms with Gasteiger partial charge in [0.1, 0.15) is 5.82 Å². The van der Waals surface area contributed by atoms with E-state index in [1.54, 1.807) is 4.90 Å². The summed E-state index contributed by atoms with van der Waals surface area (Å²) in [5.74, 6) is 1.77. The van der Waals surface area contributed by atoms with Gasteiger partial charge in [0.05, 0.1) is 6.04 Å². The van der Waals surface area contributed by atoms with Crippen LogP contribution in [0.25, 0.3) is 0 Å². The Bertz CT molecular complexity index is 540. The number of aromatic nitrogens is 3. The van der Waals surface area contributed by atoms with E-state index in [9.17, 15) is 9.59 Å². The van der Waals surface area contributed by atoms with E-state index in [2.05, 4.69) is 20.5 Å². The van der Waals surface area contributed by atoms with E-state index in [0.717, 1.165) is 5.82 Å². The third-order valence-corrected chi connectivity index (χ3v) is 3.80. The maximum atomic E-state index is 12.2. The number of nitrogens with one attached hydrogen (secondary N) is 2. The van der Waals surface area contributed by atoms with Crippen molar-refractivity contribution in [1.82, 2.24) is 25.4 Å². The van der Waals surface area contributed by atoms with Crippen LogP contribution < -0.4 is 5.32 Å². The molecule has 2 amide bonds. The molecule has 1 aromatic rings. The Balaban J connectivity index is 2.08. The van der Waals surface area contributed by atoms with E-state index >= 15 is 0 Å². The molecular formula is C15H25N5O2. The molecule has 122 valence electrons. The van der Waals surface area contributed by atoms with E-state index in [1.165, 1.54) is 0 Å². The van der Waals surface area contributed by atoms with Crippen LogP contribution in [0.3, 0.4) is 0 Å². The molecule has 22 heavy (non-hydrogen) atoms. The highest BCUT2D eigenvalue weighted by molar-refractivity contribution is 5.78. The van der Waals surface area contributed by atoms with Gasteiger partial charge in [-0.15, -0.1) is 0 Å². The van der Waals surface area contributed by atoms with Crippen LogP contribution in [0.4, 0.5) is 0 Å². The van der Waals surface area contributed by atoms with Gasteiger partial charge >= 0.3 is 0 Å². The molecule has 1 aromatic heterocycles. The highest BCUT2D eigenvalue weighted by Gasteiger charge is 2.38. The summed E-state index contributed by atoms with van der Waals surface area (Å²) in [4.78, 5) is 30.2. The van der Waals surface area contributed by atoms with E-state index < -0.39 is 0 Å². The molecule has 2 rings (SSSR count). The molecule has 1 aliphatic heterocycles. The number of hydrogen-bond acceptors (Lipinski definition) is 4. The van der Waals surface area contributed by atoms with Gasteiger partial charge in [-0.3, -0.25) is 14.7 Å². The standard InChI is InChI=1S/C15H25N5O2/c1-5-14(22)20-8-11(17-13(21)6-9(2)3)7-12(20)15-16-10(4)18-19-15/h9,11-12H,5-8H2,1-4H3,(H,17,21)(H,16,18,19)/t11-,12-/m0/s1. The SMILES string of the molecule is CCC(=O)N1C[C@@H](NC(=O)CC(C)C)C[C@H]1c1n[nH]c(C)n1. The van der Waals surface area contributed by atoms with Gasteiger partial charge in [0.15, 0.2) is 5.82 Å². The molecule has 2 N–H and O–H groups in total. The number of aryl methyl sites for hydroxylation is 1. The summed E-state index contributed by atoms with van der Waals surface area (Å²) < 4.78 is 0. The van der Waals surface area contributed by atoms with Crippen molar-refractivity contribution in [1.29, 1.82) is 0 Å². The number of likely N-dealkylation sites (tertiary alicyclic amines) is 1. The summed E-state index contributed by atoms with van der Waals surface area (Å²) in [6.07, 6.45) is 1.60. The zero-order valence-corrected chi connectivity index (χ0v) is 13.7. The highest BCUT2D eigenvalue weighted by Crippen LogP contribution is 2.30. The zero-order valence-electron chi connectivity index (χ0n) is 13.7. The van der Waals surface area contributed by atoms with Crippen molar-refractivity contribution in [2.75, 3.05) is 6.54 Å². The summed E-state index contributed by atoms with van der Waals surface area (Å²) >= 11 is 0. The Morgan fingerprint density at radius 2 is 2.18 bits per heavy atom. The van der Waals surface area contributed by atoms with E-state index in [-0.39, 0.29) is 23.9 Å². The minimum absolute atomic E-state index is 0.0365. The maximum absolute atomic E-state index is 12.2. The Morgan fingerprint density at radius 3 is 2.73 bits per heavy atom. The van der Waals surface area contributed by atoms with Crippen LogP contribution in [0.1, 0.15) is 57.7 Å². The van der Waals surface area contributed by atoms with Crippen molar-refractivity contribution in [2.24, 2.45) is 5.92 Å². The quantitative estimate of drug-likeness (QED) is 0.858. The van der Waals surface area contributed by atoms with Gasteiger partial charge in [-0.1, -0.05) is 20.8 Å². The molecule has 0 aromatic carbocycles. The fraction of sp³-hybridized carbons (Fsp3) is 0.733. The lowest BCUT2D eigenvalue weighted by atomic mass is 10.1. The van der Waals surface area contributed by atoms with E-state index in [4.69, 9.17) is 0 Å². The molecule has 0 bridgehead atoms. The Labute approximate surface area is 130 Å². The first kappa shape index (κ1) is 16.5. The van der Waals surface area contributed by atoms with Crippen LogP contribution in [-0.4, -0.2) is 44.5 Å². The van der Waals surface area contributed by atoms with Crippen LogP contribution in [-0.2, 0) is 9.59 Å². The third-order valence-electron chi connectivity index (χ3n) is 3.80. The number of hydrogen-bond donors (Lipinski definition) is 2. The Hall–Kier alpha value is -1.92. The Kier molecular flexibility index (Phi) is 5.15. The van der Waals surface area contributed by atoms with Crippen molar-refractivity contribution >= 4 is 11.8 Å². The average molecular weight is 307 g/mol. The van der Waals surface area contributed by atoms with Gasteiger partial charge in [0, 0.05) is 25.4 Å². The van der Waals surface area contributed by atoms with Gasteiger partial charge in [-0.25, -0.2) is 4.98 Å². The monoisotopic (exact) mass is 307 g/mol. The molecule has 0 unspecified atom stereocenters. The number of amides is 2. The molecule has 1 saturated heterocycles. The van der Waals surface area contributed by atoms with Gasteiger partial charge in [-0.2, -0.15) is 5.10 Å². The Morgan fingerprint density at radius 1 is 1.45 bits per heavy atom. The zero-order chi connectivity index (χ0) is 16.3. The molecule has 7 heteroatoms. The van der Waals surface area contributed by atoms with Gasteiger partial charge in [0.2, 0.25) is 11.8 Å². The van der Waals surface area contributed by atoms with Crippen molar-refractivity contribution in [3.63, 3.8) is 0 Å². The fourth-order valence-corrected chi connectivity index (χ4v) is 2.83. The smallest absolute Gasteiger partial charge is 0.222 e. The summed E-state index contributed by atoms with van der Waals surface area (Å²) in [5, 5.41) is 10.0. The van der Waals surface area contributed by atoms with Gasteiger partial charge in [0.25, 0.3) is 0 Å². The summed E-state index contributed by atoms with van der Waals surface area (Å²) in [7, 11) is 0. The predicted octanol–water partition coefficient (Wildman–Crippen LogP) is 1.33. The first-order valence-electron chi connectivity index (χ1n) is 7.88. The van der Waals surface area contributed by atoms with Crippen LogP contribution in [0.2, 0.25) is 0 Å². The van der Waals surface area contributed by atoms with Gasteiger partial charge < -0.3 is 10.2 Å². The van der Waals surface area contributed by atoms with Crippen LogP contribution in [0, 0.1) is 12.8 Å². The highest BCUT2D eigenvalue weighted by atomic mass is 16.2. The second-order valence-electron chi connectivity index (χ2n) is 6.29. The summed E-state index contributed by atoms with van der Waals surface area (Å²) in [6, 6.07) is -0.202. The molecular weight excluding hydrogens is 282 g/mol. The maximum Gasteiger partial charge on any atom is 0.222 e. The lowest BCUT2D eigenvalue weighted by Gasteiger charge is -2.21. The largest absolute Gasteiger partial charge is 0.351 e. The first-order valence-corrected chi connectivity index (χ1v) is 7.88. The molecule has 1 fully saturated rings. The average Bonchev–Trinajstić information content (AvgIpc) is 3.03. The topological polar surface area (TPSA) is 91.0 Å². The summed E-state index contributed by atoms with van der Waals surface area (Å²) in [6.45, 7) is 8.22. The van der Waals surface area contributed by atoms with Crippen molar-refractivity contribution in [2.45, 2.75) is 59.0 Å². The first-order chi connectivity index (χ1) is 10.4. The van der Waals surface area contributed by atoms with Crippen LogP contribution in [0.15, 0.2) is 0 Å². The van der Waals surface area contributed by atoms with Crippen LogP contribution in [0.5, 0.6) is 0 Å². The molecule has 2 atom stereocenters. The van der Waals surface area contributed by atoms with E-state index in [0.29, 0.717) is 37.5 Å². The normalized spacial score (nSPS) is 21.4. The van der Waals surface area contributed by atoms with Crippen molar-refractivity contribution in [3.8, 4) is 0 Å². The number of H-pyrrole nitrogens is 1. The molecule has 0 aliphatic carbocycles. The van der Waals surface area contributed by atoms with Crippen molar-refractivity contribution < 1.29 is 9.59 Å². The molecule has 1 aliphatic rings. The van der Waals surface area contributed by atoms with Gasteiger partial charge in [-0.05, 0) is 19.3 Å². The number of carbonyl (C=O) groups excluding carboxylic acids is 2. The van der Waals surface area contributed by atoms with Crippen LogP contribution >= 0.6 is 0 Å². The molecule has 0 saturated carbocycles.